The molecule has 0 unspecified atom stereocenters. The maximum absolute atomic E-state index is 12.4. The van der Waals surface area contributed by atoms with E-state index in [1.54, 1.807) is 30.3 Å². The van der Waals surface area contributed by atoms with E-state index < -0.39 is 5.91 Å². The van der Waals surface area contributed by atoms with E-state index in [4.69, 9.17) is 9.47 Å². The van der Waals surface area contributed by atoms with Crippen LogP contribution < -0.4 is 25.4 Å². The van der Waals surface area contributed by atoms with Gasteiger partial charge in [0.1, 0.15) is 5.01 Å². The molecule has 2 aromatic carbocycles. The molecule has 9 nitrogen and oxygen atoms in total. The van der Waals surface area contributed by atoms with Crippen molar-refractivity contribution in [3.05, 3.63) is 57.0 Å². The highest BCUT2D eigenvalue weighted by Gasteiger charge is 2.17. The Hall–Kier alpha value is -3.18. The molecule has 2 heterocycles. The van der Waals surface area contributed by atoms with Gasteiger partial charge >= 0.3 is 6.03 Å². The van der Waals surface area contributed by atoms with E-state index in [1.807, 2.05) is 12.1 Å². The summed E-state index contributed by atoms with van der Waals surface area (Å²) in [6.45, 7) is 0.312. The lowest BCUT2D eigenvalue weighted by Crippen LogP contribution is -2.28. The van der Waals surface area contributed by atoms with Gasteiger partial charge in [-0.1, -0.05) is 27.3 Å². The molecular formula is C18H14BrN5O4S. The largest absolute Gasteiger partial charge is 0.454 e. The first kappa shape index (κ1) is 19.2. The van der Waals surface area contributed by atoms with Crippen LogP contribution in [0.3, 0.4) is 0 Å². The summed E-state index contributed by atoms with van der Waals surface area (Å²) in [5.74, 6) is 0.808. The minimum Gasteiger partial charge on any atom is -0.454 e. The van der Waals surface area contributed by atoms with E-state index in [9.17, 15) is 9.59 Å². The number of benzene rings is 2. The molecule has 0 radical (unpaired) electrons. The van der Waals surface area contributed by atoms with Gasteiger partial charge in [0, 0.05) is 21.9 Å². The van der Waals surface area contributed by atoms with Gasteiger partial charge in [0.2, 0.25) is 11.8 Å². The van der Waals surface area contributed by atoms with Gasteiger partial charge in [0.25, 0.3) is 5.91 Å². The molecule has 0 spiro atoms. The van der Waals surface area contributed by atoms with E-state index >= 15 is 0 Å². The molecule has 4 rings (SSSR count). The van der Waals surface area contributed by atoms with Crippen molar-refractivity contribution in [1.29, 1.82) is 0 Å². The Bertz CT molecular complexity index is 1060. The van der Waals surface area contributed by atoms with Crippen LogP contribution in [0.5, 0.6) is 11.5 Å². The zero-order valence-electron chi connectivity index (χ0n) is 14.8. The number of fused-ring (bicyclic) bond motifs is 1. The van der Waals surface area contributed by atoms with Gasteiger partial charge in [-0.3, -0.25) is 4.79 Å². The second kappa shape index (κ2) is 8.45. The summed E-state index contributed by atoms with van der Waals surface area (Å²) in [6, 6.07) is 11.9. The number of urea groups is 1. The van der Waals surface area contributed by atoms with Crippen molar-refractivity contribution in [3.63, 3.8) is 0 Å². The number of nitrogens with zero attached hydrogens (tertiary/aromatic N) is 2. The zero-order valence-corrected chi connectivity index (χ0v) is 17.2. The lowest BCUT2D eigenvalue weighted by atomic mass is 10.3. The average Bonchev–Trinajstić information content (AvgIpc) is 3.37. The monoisotopic (exact) mass is 475 g/mol. The van der Waals surface area contributed by atoms with Crippen LogP contribution in [0.1, 0.15) is 14.8 Å². The first-order valence-corrected chi connectivity index (χ1v) is 10.0. The normalized spacial score (nSPS) is 11.8. The summed E-state index contributed by atoms with van der Waals surface area (Å²) >= 11 is 4.43. The third-order valence-corrected chi connectivity index (χ3v) is 5.24. The molecule has 0 saturated heterocycles. The smallest absolute Gasteiger partial charge is 0.319 e. The number of halogens is 1. The van der Waals surface area contributed by atoms with Crippen molar-refractivity contribution in [1.82, 2.24) is 15.5 Å². The molecule has 0 aliphatic carbocycles. The van der Waals surface area contributed by atoms with E-state index in [2.05, 4.69) is 42.1 Å². The highest BCUT2D eigenvalue weighted by Crippen LogP contribution is 2.34. The first-order chi connectivity index (χ1) is 14.1. The van der Waals surface area contributed by atoms with E-state index in [-0.39, 0.29) is 24.4 Å². The molecular weight excluding hydrogens is 462 g/mol. The van der Waals surface area contributed by atoms with Gasteiger partial charge in [-0.15, -0.1) is 10.2 Å². The quantitative estimate of drug-likeness (QED) is 0.519. The van der Waals surface area contributed by atoms with Gasteiger partial charge in [0.05, 0.1) is 6.54 Å². The Morgan fingerprint density at radius 1 is 1.00 bits per heavy atom. The van der Waals surface area contributed by atoms with Gasteiger partial charge in [-0.2, -0.15) is 0 Å². The van der Waals surface area contributed by atoms with Crippen molar-refractivity contribution in [2.45, 2.75) is 6.54 Å². The fourth-order valence-electron chi connectivity index (χ4n) is 2.44. The second-order valence-electron chi connectivity index (χ2n) is 5.84. The summed E-state index contributed by atoms with van der Waals surface area (Å²) in [4.78, 5) is 24.3. The number of rotatable bonds is 5. The molecule has 3 aromatic rings. The molecule has 11 heteroatoms. The second-order valence-corrected chi connectivity index (χ2v) is 7.82. The number of ether oxygens (including phenoxy) is 2. The Kier molecular flexibility index (Phi) is 5.58. The van der Waals surface area contributed by atoms with E-state index in [1.165, 1.54) is 0 Å². The van der Waals surface area contributed by atoms with Crippen molar-refractivity contribution >= 4 is 50.6 Å². The van der Waals surface area contributed by atoms with Crippen LogP contribution in [-0.2, 0) is 6.54 Å². The van der Waals surface area contributed by atoms with Crippen LogP contribution in [-0.4, -0.2) is 28.9 Å². The molecule has 29 heavy (non-hydrogen) atoms. The topological polar surface area (TPSA) is 114 Å². The molecule has 0 fully saturated rings. The number of hydrogen-bond donors (Lipinski definition) is 3. The number of nitrogens with one attached hydrogen (secondary N) is 3. The molecule has 0 saturated carbocycles. The van der Waals surface area contributed by atoms with E-state index in [0.717, 1.165) is 15.8 Å². The minimum atomic E-state index is -0.396. The predicted octanol–water partition coefficient (Wildman–Crippen LogP) is 3.60. The summed E-state index contributed by atoms with van der Waals surface area (Å²) in [7, 11) is 0. The van der Waals surface area contributed by atoms with Gasteiger partial charge in [0.15, 0.2) is 11.5 Å². The highest BCUT2D eigenvalue weighted by atomic mass is 79.9. The van der Waals surface area contributed by atoms with Gasteiger partial charge in [-0.05, 0) is 36.4 Å². The zero-order chi connectivity index (χ0) is 20.2. The van der Waals surface area contributed by atoms with Crippen molar-refractivity contribution in [3.8, 4) is 11.5 Å². The lowest BCUT2D eigenvalue weighted by molar-refractivity contribution is 0.102. The van der Waals surface area contributed by atoms with Crippen LogP contribution >= 0.6 is 27.3 Å². The van der Waals surface area contributed by atoms with E-state index in [0.29, 0.717) is 27.9 Å². The number of aromatic nitrogens is 2. The Morgan fingerprint density at radius 3 is 2.59 bits per heavy atom. The van der Waals surface area contributed by atoms with Gasteiger partial charge in [-0.25, -0.2) is 4.79 Å². The molecule has 148 valence electrons. The fraction of sp³-hybridized carbons (Fsp3) is 0.111. The summed E-state index contributed by atoms with van der Waals surface area (Å²) in [5.41, 5.74) is 1.22. The van der Waals surface area contributed by atoms with Crippen LogP contribution in [0.2, 0.25) is 0 Å². The molecule has 1 aliphatic heterocycles. The van der Waals surface area contributed by atoms with Crippen molar-refractivity contribution < 1.29 is 19.1 Å². The lowest BCUT2D eigenvalue weighted by Gasteiger charge is -2.06. The van der Waals surface area contributed by atoms with Crippen molar-refractivity contribution in [2.24, 2.45) is 0 Å². The van der Waals surface area contributed by atoms with Crippen molar-refractivity contribution in [2.75, 3.05) is 17.4 Å². The molecule has 3 amide bonds. The van der Waals surface area contributed by atoms with Crippen LogP contribution in [0.15, 0.2) is 46.9 Å². The maximum atomic E-state index is 12.4. The Labute approximate surface area is 177 Å². The molecule has 0 atom stereocenters. The Morgan fingerprint density at radius 2 is 1.76 bits per heavy atom. The highest BCUT2D eigenvalue weighted by molar-refractivity contribution is 9.10. The molecule has 3 N–H and O–H groups in total. The van der Waals surface area contributed by atoms with Crippen LogP contribution in [0.4, 0.5) is 16.2 Å². The third kappa shape index (κ3) is 4.81. The average molecular weight is 476 g/mol. The van der Waals surface area contributed by atoms with Crippen LogP contribution in [0.25, 0.3) is 0 Å². The van der Waals surface area contributed by atoms with Gasteiger partial charge < -0.3 is 25.4 Å². The number of anilines is 2. The predicted molar refractivity (Wildman–Crippen MR) is 110 cm³/mol. The number of carbonyl (C=O) groups is 2. The number of amides is 3. The standard InChI is InChI=1S/C18H14BrN5O4S/c19-10-1-3-11(4-2-10)22-18(26)20-8-15-23-24-17(29-15)16(25)21-12-5-6-13-14(7-12)28-9-27-13/h1-7H,8-9H2,(H,21,25)(H2,20,22,26). The SMILES string of the molecule is O=C(NCc1nnc(C(=O)Nc2ccc3c(c2)OCO3)s1)Nc1ccc(Br)cc1. The molecule has 1 aromatic heterocycles. The summed E-state index contributed by atoms with van der Waals surface area (Å²) in [6.07, 6.45) is 0. The van der Waals surface area contributed by atoms with Crippen LogP contribution in [0, 0.1) is 0 Å². The molecule has 1 aliphatic rings. The molecule has 0 bridgehead atoms. The Balaban J connectivity index is 1.30. The minimum absolute atomic E-state index is 0.150. The summed E-state index contributed by atoms with van der Waals surface area (Å²) < 4.78 is 11.4. The summed E-state index contributed by atoms with van der Waals surface area (Å²) in [5, 5.41) is 16.6. The first-order valence-electron chi connectivity index (χ1n) is 8.40. The third-order valence-electron chi connectivity index (χ3n) is 3.79. The maximum Gasteiger partial charge on any atom is 0.319 e. The fourth-order valence-corrected chi connectivity index (χ4v) is 3.38. The number of carbonyl (C=O) groups excluding carboxylic acids is 2. The number of hydrogen-bond acceptors (Lipinski definition) is 7.